The van der Waals surface area contributed by atoms with Crippen LogP contribution in [0.15, 0.2) is 12.1 Å². The second-order valence-corrected chi connectivity index (χ2v) is 6.06. The quantitative estimate of drug-likeness (QED) is 0.809. The van der Waals surface area contributed by atoms with Crippen molar-refractivity contribution >= 4 is 0 Å². The highest BCUT2D eigenvalue weighted by atomic mass is 16.5. The molecule has 0 saturated heterocycles. The predicted molar refractivity (Wildman–Crippen MR) is 83.0 cm³/mol. The standard InChI is InChI=1S/C17H29NO/c1-12(2)10-18-11-13(3)9-16-8-7-14(4)15(5)17(16)19-6/h7-8,12-13,18H,9-11H2,1-6H3. The van der Waals surface area contributed by atoms with Crippen molar-refractivity contribution in [1.82, 2.24) is 5.32 Å². The zero-order chi connectivity index (χ0) is 14.4. The molecule has 0 aliphatic carbocycles. The lowest BCUT2D eigenvalue weighted by molar-refractivity contribution is 0.399. The van der Waals surface area contributed by atoms with E-state index in [1.165, 1.54) is 16.7 Å². The molecule has 0 spiro atoms. The van der Waals surface area contributed by atoms with Gasteiger partial charge in [-0.2, -0.15) is 0 Å². The molecule has 1 atom stereocenters. The van der Waals surface area contributed by atoms with E-state index >= 15 is 0 Å². The Morgan fingerprint density at radius 2 is 1.79 bits per heavy atom. The Bertz CT molecular complexity index is 398. The Hall–Kier alpha value is -1.02. The van der Waals surface area contributed by atoms with Gasteiger partial charge in [0.05, 0.1) is 7.11 Å². The van der Waals surface area contributed by atoms with Gasteiger partial charge in [-0.25, -0.2) is 0 Å². The van der Waals surface area contributed by atoms with Crippen LogP contribution >= 0.6 is 0 Å². The van der Waals surface area contributed by atoms with E-state index in [2.05, 4.69) is 52.1 Å². The molecule has 0 aromatic heterocycles. The molecule has 0 heterocycles. The van der Waals surface area contributed by atoms with Crippen LogP contribution < -0.4 is 10.1 Å². The molecule has 19 heavy (non-hydrogen) atoms. The van der Waals surface area contributed by atoms with E-state index < -0.39 is 0 Å². The Labute approximate surface area is 118 Å². The zero-order valence-corrected chi connectivity index (χ0v) is 13.3. The summed E-state index contributed by atoms with van der Waals surface area (Å²) in [7, 11) is 1.77. The molecule has 0 aliphatic rings. The first kappa shape index (κ1) is 16.0. The van der Waals surface area contributed by atoms with E-state index in [0.29, 0.717) is 11.8 Å². The van der Waals surface area contributed by atoms with Crippen LogP contribution in [-0.2, 0) is 6.42 Å². The third-order valence-corrected chi connectivity index (χ3v) is 3.58. The van der Waals surface area contributed by atoms with Crippen LogP contribution in [0.5, 0.6) is 5.75 Å². The summed E-state index contributed by atoms with van der Waals surface area (Å²) in [5, 5.41) is 3.53. The van der Waals surface area contributed by atoms with Crippen molar-refractivity contribution < 1.29 is 4.74 Å². The highest BCUT2D eigenvalue weighted by molar-refractivity contribution is 5.45. The van der Waals surface area contributed by atoms with Gasteiger partial charge in [0.15, 0.2) is 0 Å². The summed E-state index contributed by atoms with van der Waals surface area (Å²) >= 11 is 0. The zero-order valence-electron chi connectivity index (χ0n) is 13.3. The fourth-order valence-electron chi connectivity index (χ4n) is 2.36. The minimum Gasteiger partial charge on any atom is -0.496 e. The average molecular weight is 263 g/mol. The Morgan fingerprint density at radius 3 is 2.37 bits per heavy atom. The predicted octanol–water partition coefficient (Wildman–Crippen LogP) is 3.74. The van der Waals surface area contributed by atoms with Crippen LogP contribution in [0.2, 0.25) is 0 Å². The molecule has 0 bridgehead atoms. The lowest BCUT2D eigenvalue weighted by atomic mass is 9.96. The lowest BCUT2D eigenvalue weighted by Gasteiger charge is -2.18. The summed E-state index contributed by atoms with van der Waals surface area (Å²) in [4.78, 5) is 0. The Kier molecular flexibility index (Phi) is 6.36. The molecule has 1 N–H and O–H groups in total. The number of benzene rings is 1. The van der Waals surface area contributed by atoms with Gasteiger partial charge in [0, 0.05) is 0 Å². The Morgan fingerprint density at radius 1 is 1.11 bits per heavy atom. The van der Waals surface area contributed by atoms with E-state index in [1.807, 2.05) is 0 Å². The first-order valence-electron chi connectivity index (χ1n) is 7.29. The first-order valence-corrected chi connectivity index (χ1v) is 7.29. The maximum atomic E-state index is 5.58. The molecule has 0 saturated carbocycles. The summed E-state index contributed by atoms with van der Waals surface area (Å²) in [5.74, 6) is 2.40. The van der Waals surface area contributed by atoms with Gasteiger partial charge < -0.3 is 10.1 Å². The van der Waals surface area contributed by atoms with Crippen LogP contribution in [0, 0.1) is 25.7 Å². The summed E-state index contributed by atoms with van der Waals surface area (Å²) in [6, 6.07) is 4.40. The third-order valence-electron chi connectivity index (χ3n) is 3.58. The molecule has 108 valence electrons. The molecular formula is C17H29NO. The van der Waals surface area contributed by atoms with Crippen molar-refractivity contribution in [2.24, 2.45) is 11.8 Å². The van der Waals surface area contributed by atoms with Crippen molar-refractivity contribution in [1.29, 1.82) is 0 Å². The van der Waals surface area contributed by atoms with Crippen LogP contribution in [0.4, 0.5) is 0 Å². The van der Waals surface area contributed by atoms with Gasteiger partial charge in [-0.15, -0.1) is 0 Å². The number of hydrogen-bond donors (Lipinski definition) is 1. The van der Waals surface area contributed by atoms with Gasteiger partial charge in [0.2, 0.25) is 0 Å². The summed E-state index contributed by atoms with van der Waals surface area (Å²) < 4.78 is 5.58. The minimum absolute atomic E-state index is 0.620. The Balaban J connectivity index is 2.63. The summed E-state index contributed by atoms with van der Waals surface area (Å²) in [6.07, 6.45) is 1.06. The molecule has 0 fully saturated rings. The van der Waals surface area contributed by atoms with E-state index in [-0.39, 0.29) is 0 Å². The highest BCUT2D eigenvalue weighted by Crippen LogP contribution is 2.28. The topological polar surface area (TPSA) is 21.3 Å². The monoisotopic (exact) mass is 263 g/mol. The van der Waals surface area contributed by atoms with E-state index in [9.17, 15) is 0 Å². The number of nitrogens with one attached hydrogen (secondary N) is 1. The average Bonchev–Trinajstić information content (AvgIpc) is 2.34. The van der Waals surface area contributed by atoms with Crippen molar-refractivity contribution in [3.05, 3.63) is 28.8 Å². The van der Waals surface area contributed by atoms with Gasteiger partial charge in [-0.1, -0.05) is 32.9 Å². The molecular weight excluding hydrogens is 234 g/mol. The summed E-state index contributed by atoms with van der Waals surface area (Å²) in [6.45, 7) is 13.2. The number of rotatable bonds is 7. The van der Waals surface area contributed by atoms with Gasteiger partial charge in [-0.3, -0.25) is 0 Å². The largest absolute Gasteiger partial charge is 0.496 e. The molecule has 2 heteroatoms. The van der Waals surface area contributed by atoms with Crippen molar-refractivity contribution in [3.63, 3.8) is 0 Å². The normalized spacial score (nSPS) is 12.8. The maximum Gasteiger partial charge on any atom is 0.125 e. The van der Waals surface area contributed by atoms with E-state index in [0.717, 1.165) is 25.3 Å². The lowest BCUT2D eigenvalue weighted by Crippen LogP contribution is -2.26. The van der Waals surface area contributed by atoms with Crippen LogP contribution in [0.25, 0.3) is 0 Å². The van der Waals surface area contributed by atoms with Gasteiger partial charge in [-0.05, 0) is 61.9 Å². The van der Waals surface area contributed by atoms with Crippen molar-refractivity contribution in [3.8, 4) is 5.75 Å². The van der Waals surface area contributed by atoms with Crippen molar-refractivity contribution in [2.75, 3.05) is 20.2 Å². The molecule has 1 aromatic rings. The fourth-order valence-corrected chi connectivity index (χ4v) is 2.36. The fraction of sp³-hybridized carbons (Fsp3) is 0.647. The minimum atomic E-state index is 0.620. The SMILES string of the molecule is COc1c(CC(C)CNCC(C)C)ccc(C)c1C. The molecule has 2 nitrogen and oxygen atoms in total. The maximum absolute atomic E-state index is 5.58. The molecule has 0 radical (unpaired) electrons. The van der Waals surface area contributed by atoms with Gasteiger partial charge in [0.25, 0.3) is 0 Å². The summed E-state index contributed by atoms with van der Waals surface area (Å²) in [5.41, 5.74) is 3.89. The smallest absolute Gasteiger partial charge is 0.125 e. The molecule has 1 rings (SSSR count). The van der Waals surface area contributed by atoms with E-state index in [1.54, 1.807) is 7.11 Å². The van der Waals surface area contributed by atoms with Gasteiger partial charge in [0.1, 0.15) is 5.75 Å². The number of ether oxygens (including phenoxy) is 1. The number of methoxy groups -OCH3 is 1. The van der Waals surface area contributed by atoms with Crippen LogP contribution in [0.3, 0.4) is 0 Å². The first-order chi connectivity index (χ1) is 8.95. The third kappa shape index (κ3) is 4.87. The van der Waals surface area contributed by atoms with E-state index in [4.69, 9.17) is 4.74 Å². The van der Waals surface area contributed by atoms with Gasteiger partial charge >= 0.3 is 0 Å². The number of hydrogen-bond acceptors (Lipinski definition) is 2. The van der Waals surface area contributed by atoms with Crippen LogP contribution in [-0.4, -0.2) is 20.2 Å². The number of aryl methyl sites for hydroxylation is 1. The second-order valence-electron chi connectivity index (χ2n) is 6.06. The molecule has 0 aliphatic heterocycles. The molecule has 1 unspecified atom stereocenters. The molecule has 0 amide bonds. The van der Waals surface area contributed by atoms with Crippen molar-refractivity contribution in [2.45, 2.75) is 41.0 Å². The highest BCUT2D eigenvalue weighted by Gasteiger charge is 2.11. The second kappa shape index (κ2) is 7.54. The van der Waals surface area contributed by atoms with Crippen LogP contribution in [0.1, 0.15) is 37.5 Å². The molecule has 1 aromatic carbocycles.